The van der Waals surface area contributed by atoms with Gasteiger partial charge >= 0.3 is 5.76 Å². The Morgan fingerprint density at radius 3 is 2.78 bits per heavy atom. The molecule has 2 aromatic rings. The fourth-order valence-electron chi connectivity index (χ4n) is 1.43. The molecule has 0 atom stereocenters. The monoisotopic (exact) mass is 249 g/mol. The molecule has 0 aliphatic rings. The lowest BCUT2D eigenvalue weighted by molar-refractivity contribution is -0.121. The van der Waals surface area contributed by atoms with Gasteiger partial charge in [-0.3, -0.25) is 9.78 Å². The highest BCUT2D eigenvalue weighted by atomic mass is 16.4. The van der Waals surface area contributed by atoms with Gasteiger partial charge in [-0.05, 0) is 39.1 Å². The van der Waals surface area contributed by atoms with Crippen molar-refractivity contribution in [2.75, 3.05) is 12.4 Å². The number of benzene rings is 1. The Kier molecular flexibility index (Phi) is 2.96. The number of amides is 1. The van der Waals surface area contributed by atoms with Gasteiger partial charge in [0.15, 0.2) is 5.58 Å². The minimum Gasteiger partial charge on any atom is -0.408 e. The van der Waals surface area contributed by atoms with Crippen molar-refractivity contribution in [3.63, 3.8) is 0 Å². The summed E-state index contributed by atoms with van der Waals surface area (Å²) >= 11 is 0. The molecule has 0 saturated carbocycles. The third kappa shape index (κ3) is 2.28. The molecule has 0 saturated heterocycles. The van der Waals surface area contributed by atoms with Crippen LogP contribution in [0.1, 0.15) is 13.8 Å². The second-order valence-corrected chi connectivity index (χ2v) is 4.55. The fourth-order valence-corrected chi connectivity index (χ4v) is 1.43. The first-order chi connectivity index (χ1) is 8.42. The van der Waals surface area contributed by atoms with Gasteiger partial charge in [-0.1, -0.05) is 0 Å². The summed E-state index contributed by atoms with van der Waals surface area (Å²) in [5.74, 6) is -0.667. The Balaban J connectivity index is 2.27. The molecule has 6 heteroatoms. The zero-order chi connectivity index (χ0) is 13.3. The highest BCUT2D eigenvalue weighted by Crippen LogP contribution is 2.17. The molecule has 6 nitrogen and oxygen atoms in total. The number of fused-ring (bicyclic) bond motifs is 1. The van der Waals surface area contributed by atoms with E-state index < -0.39 is 11.3 Å². The smallest absolute Gasteiger partial charge is 0.408 e. The van der Waals surface area contributed by atoms with Crippen LogP contribution in [0, 0.1) is 0 Å². The highest BCUT2D eigenvalue weighted by Gasteiger charge is 2.25. The van der Waals surface area contributed by atoms with Crippen molar-refractivity contribution in [2.24, 2.45) is 0 Å². The Labute approximate surface area is 103 Å². The fraction of sp³-hybridized carbons (Fsp3) is 0.333. The number of anilines is 1. The van der Waals surface area contributed by atoms with Crippen LogP contribution >= 0.6 is 0 Å². The number of oxazole rings is 1. The minimum absolute atomic E-state index is 0.157. The third-order valence-electron chi connectivity index (χ3n) is 2.87. The van der Waals surface area contributed by atoms with Crippen LogP contribution in [0.15, 0.2) is 27.4 Å². The van der Waals surface area contributed by atoms with E-state index in [1.165, 1.54) is 0 Å². The lowest BCUT2D eigenvalue weighted by Gasteiger charge is -2.22. The normalized spacial score (nSPS) is 11.7. The second-order valence-electron chi connectivity index (χ2n) is 4.55. The Bertz CT molecular complexity index is 639. The lowest BCUT2D eigenvalue weighted by Crippen LogP contribution is -2.47. The molecule has 18 heavy (non-hydrogen) atoms. The van der Waals surface area contributed by atoms with Gasteiger partial charge in [0.25, 0.3) is 0 Å². The number of carbonyl (C=O) groups is 1. The molecule has 0 radical (unpaired) electrons. The first kappa shape index (κ1) is 12.4. The Hall–Kier alpha value is -2.08. The standard InChI is InChI=1S/C12H15N3O3/c1-12(2,13-3)10(16)14-7-4-5-9-8(6-7)15-11(17)18-9/h4-6,13H,1-3H3,(H,14,16)(H,15,17). The molecular formula is C12H15N3O3. The second kappa shape index (κ2) is 4.30. The quantitative estimate of drug-likeness (QED) is 0.759. The summed E-state index contributed by atoms with van der Waals surface area (Å²) in [5.41, 5.74) is 0.956. The zero-order valence-corrected chi connectivity index (χ0v) is 10.5. The zero-order valence-electron chi connectivity index (χ0n) is 10.5. The molecule has 0 aliphatic carbocycles. The topological polar surface area (TPSA) is 87.1 Å². The molecule has 0 bridgehead atoms. The van der Waals surface area contributed by atoms with Gasteiger partial charge in [0, 0.05) is 5.69 Å². The average molecular weight is 249 g/mol. The van der Waals surface area contributed by atoms with E-state index >= 15 is 0 Å². The molecule has 1 heterocycles. The van der Waals surface area contributed by atoms with Crippen LogP contribution in [0.3, 0.4) is 0 Å². The molecule has 1 aromatic heterocycles. The first-order valence-electron chi connectivity index (χ1n) is 5.55. The molecule has 1 aromatic carbocycles. The Morgan fingerprint density at radius 2 is 2.11 bits per heavy atom. The van der Waals surface area contributed by atoms with Crippen molar-refractivity contribution in [3.8, 4) is 0 Å². The number of carbonyl (C=O) groups excluding carboxylic acids is 1. The van der Waals surface area contributed by atoms with Crippen molar-refractivity contribution in [1.82, 2.24) is 10.3 Å². The van der Waals surface area contributed by atoms with Crippen LogP contribution in [0.4, 0.5) is 5.69 Å². The maximum Gasteiger partial charge on any atom is 0.417 e. The van der Waals surface area contributed by atoms with Crippen molar-refractivity contribution in [3.05, 3.63) is 28.7 Å². The van der Waals surface area contributed by atoms with E-state index in [4.69, 9.17) is 4.42 Å². The summed E-state index contributed by atoms with van der Waals surface area (Å²) in [5, 5.41) is 5.68. The van der Waals surface area contributed by atoms with E-state index in [1.807, 2.05) is 0 Å². The lowest BCUT2D eigenvalue weighted by atomic mass is 10.1. The van der Waals surface area contributed by atoms with Crippen LogP contribution < -0.4 is 16.4 Å². The van der Waals surface area contributed by atoms with Gasteiger partial charge in [0.1, 0.15) is 0 Å². The molecule has 0 spiro atoms. The van der Waals surface area contributed by atoms with Gasteiger partial charge in [0.05, 0.1) is 11.1 Å². The maximum absolute atomic E-state index is 11.9. The van der Waals surface area contributed by atoms with E-state index in [2.05, 4.69) is 15.6 Å². The first-order valence-corrected chi connectivity index (χ1v) is 5.55. The molecule has 0 unspecified atom stereocenters. The molecular weight excluding hydrogens is 234 g/mol. The number of H-pyrrole nitrogens is 1. The van der Waals surface area contributed by atoms with Crippen molar-refractivity contribution < 1.29 is 9.21 Å². The SMILES string of the molecule is CNC(C)(C)C(=O)Nc1ccc2oc(=O)[nH]c2c1. The third-order valence-corrected chi connectivity index (χ3v) is 2.87. The van der Waals surface area contributed by atoms with Crippen LogP contribution in [0.5, 0.6) is 0 Å². The maximum atomic E-state index is 11.9. The van der Waals surface area contributed by atoms with Crippen LogP contribution in [-0.4, -0.2) is 23.5 Å². The van der Waals surface area contributed by atoms with E-state index in [9.17, 15) is 9.59 Å². The minimum atomic E-state index is -0.668. The molecule has 0 fully saturated rings. The Morgan fingerprint density at radius 1 is 1.39 bits per heavy atom. The predicted octanol–water partition coefficient (Wildman–Crippen LogP) is 1.06. The average Bonchev–Trinajstić information content (AvgIpc) is 2.68. The van der Waals surface area contributed by atoms with E-state index in [0.29, 0.717) is 16.8 Å². The van der Waals surface area contributed by atoms with Gasteiger partial charge in [0.2, 0.25) is 5.91 Å². The van der Waals surface area contributed by atoms with Gasteiger partial charge in [-0.2, -0.15) is 0 Å². The summed E-state index contributed by atoms with van der Waals surface area (Å²) in [4.78, 5) is 25.5. The van der Waals surface area contributed by atoms with Crippen molar-refractivity contribution in [2.45, 2.75) is 19.4 Å². The highest BCUT2D eigenvalue weighted by molar-refractivity contribution is 5.98. The van der Waals surface area contributed by atoms with Crippen LogP contribution in [-0.2, 0) is 4.79 Å². The number of hydrogen-bond acceptors (Lipinski definition) is 4. The number of hydrogen-bond donors (Lipinski definition) is 3. The summed E-state index contributed by atoms with van der Waals surface area (Å²) in [7, 11) is 1.72. The summed E-state index contributed by atoms with van der Waals surface area (Å²) < 4.78 is 4.88. The number of aromatic nitrogens is 1. The van der Waals surface area contributed by atoms with Crippen LogP contribution in [0.25, 0.3) is 11.1 Å². The summed E-state index contributed by atoms with van der Waals surface area (Å²) in [6.07, 6.45) is 0. The van der Waals surface area contributed by atoms with Crippen molar-refractivity contribution >= 4 is 22.7 Å². The van der Waals surface area contributed by atoms with E-state index in [1.54, 1.807) is 39.1 Å². The molecule has 0 aliphatic heterocycles. The van der Waals surface area contributed by atoms with Gasteiger partial charge in [-0.15, -0.1) is 0 Å². The van der Waals surface area contributed by atoms with E-state index in [0.717, 1.165) is 0 Å². The molecule has 2 rings (SSSR count). The number of aromatic amines is 1. The van der Waals surface area contributed by atoms with Crippen molar-refractivity contribution in [1.29, 1.82) is 0 Å². The number of rotatable bonds is 3. The number of nitrogens with one attached hydrogen (secondary N) is 3. The predicted molar refractivity (Wildman–Crippen MR) is 68.6 cm³/mol. The molecule has 3 N–H and O–H groups in total. The van der Waals surface area contributed by atoms with Gasteiger partial charge < -0.3 is 15.1 Å². The van der Waals surface area contributed by atoms with Gasteiger partial charge in [-0.25, -0.2) is 4.79 Å². The molecule has 1 amide bonds. The number of likely N-dealkylation sites (N-methyl/N-ethyl adjacent to an activating group) is 1. The summed E-state index contributed by atoms with van der Waals surface area (Å²) in [6.45, 7) is 3.56. The van der Waals surface area contributed by atoms with Crippen LogP contribution in [0.2, 0.25) is 0 Å². The molecule has 96 valence electrons. The van der Waals surface area contributed by atoms with E-state index in [-0.39, 0.29) is 5.91 Å². The largest absolute Gasteiger partial charge is 0.417 e. The summed E-state index contributed by atoms with van der Waals surface area (Å²) in [6, 6.07) is 4.97.